The van der Waals surface area contributed by atoms with Crippen molar-refractivity contribution < 1.29 is 14.3 Å². The summed E-state index contributed by atoms with van der Waals surface area (Å²) in [5.74, 6) is 0.919. The van der Waals surface area contributed by atoms with Gasteiger partial charge < -0.3 is 9.47 Å². The highest BCUT2D eigenvalue weighted by molar-refractivity contribution is 5.95. The van der Waals surface area contributed by atoms with Gasteiger partial charge in [-0.2, -0.15) is 5.10 Å². The van der Waals surface area contributed by atoms with Crippen LogP contribution < -0.4 is 14.9 Å². The van der Waals surface area contributed by atoms with E-state index in [0.717, 1.165) is 5.56 Å². The molecule has 0 aliphatic carbocycles. The summed E-state index contributed by atoms with van der Waals surface area (Å²) in [5.41, 5.74) is 3.79. The third-order valence-corrected chi connectivity index (χ3v) is 2.89. The van der Waals surface area contributed by atoms with Gasteiger partial charge in [0.2, 0.25) is 0 Å². The van der Waals surface area contributed by atoms with Crippen LogP contribution in [-0.2, 0) is 0 Å². The summed E-state index contributed by atoms with van der Waals surface area (Å²) >= 11 is 0. The number of carbonyl (C=O) groups excluding carboxylic acids is 1. The quantitative estimate of drug-likeness (QED) is 0.686. The van der Waals surface area contributed by atoms with Crippen molar-refractivity contribution in [1.82, 2.24) is 10.4 Å². The van der Waals surface area contributed by atoms with Gasteiger partial charge in [0.1, 0.15) is 13.2 Å². The molecule has 0 bridgehead atoms. The van der Waals surface area contributed by atoms with E-state index in [4.69, 9.17) is 9.47 Å². The molecule has 1 aromatic carbocycles. The molecule has 0 unspecified atom stereocenters. The van der Waals surface area contributed by atoms with Crippen LogP contribution in [0.2, 0.25) is 0 Å². The molecule has 6 nitrogen and oxygen atoms in total. The normalized spacial score (nSPS) is 13.1. The standard InChI is InChI=1S/C15H13N3O3/c19-15(18-17-10-11-3-5-16-6-4-11)12-1-2-13-14(9-12)21-8-7-20-13/h1-6,9-10H,7-8H2,(H,18,19)/b17-10+. The smallest absolute Gasteiger partial charge is 0.271 e. The lowest BCUT2D eigenvalue weighted by atomic mass is 10.2. The SMILES string of the molecule is O=C(N/N=C/c1ccncc1)c1ccc2c(c1)OCCO2. The van der Waals surface area contributed by atoms with Crippen LogP contribution in [0.1, 0.15) is 15.9 Å². The molecule has 1 aromatic heterocycles. The average molecular weight is 283 g/mol. The molecule has 1 amide bonds. The lowest BCUT2D eigenvalue weighted by Gasteiger charge is -2.18. The Hall–Kier alpha value is -2.89. The minimum atomic E-state index is -0.308. The Morgan fingerprint density at radius 1 is 1.14 bits per heavy atom. The zero-order valence-electron chi connectivity index (χ0n) is 11.2. The Bertz CT molecular complexity index is 671. The first kappa shape index (κ1) is 13.1. The van der Waals surface area contributed by atoms with E-state index in [1.54, 1.807) is 48.9 Å². The lowest BCUT2D eigenvalue weighted by molar-refractivity contribution is 0.0954. The summed E-state index contributed by atoms with van der Waals surface area (Å²) in [4.78, 5) is 15.9. The van der Waals surface area contributed by atoms with E-state index in [1.807, 2.05) is 0 Å². The molecular formula is C15H13N3O3. The number of hydrazone groups is 1. The number of ether oxygens (including phenoxy) is 2. The third-order valence-electron chi connectivity index (χ3n) is 2.89. The van der Waals surface area contributed by atoms with Gasteiger partial charge in [-0.1, -0.05) is 0 Å². The molecule has 1 aliphatic heterocycles. The van der Waals surface area contributed by atoms with Gasteiger partial charge in [-0.3, -0.25) is 9.78 Å². The van der Waals surface area contributed by atoms with Gasteiger partial charge in [0.05, 0.1) is 6.21 Å². The zero-order valence-corrected chi connectivity index (χ0v) is 11.2. The molecule has 21 heavy (non-hydrogen) atoms. The van der Waals surface area contributed by atoms with Crippen molar-refractivity contribution in [2.45, 2.75) is 0 Å². The van der Waals surface area contributed by atoms with Crippen LogP contribution >= 0.6 is 0 Å². The number of rotatable bonds is 3. The van der Waals surface area contributed by atoms with Crippen LogP contribution in [0.3, 0.4) is 0 Å². The number of fused-ring (bicyclic) bond motifs is 1. The predicted octanol–water partition coefficient (Wildman–Crippen LogP) is 1.62. The summed E-state index contributed by atoms with van der Waals surface area (Å²) < 4.78 is 10.8. The van der Waals surface area contributed by atoms with E-state index in [9.17, 15) is 4.79 Å². The molecule has 6 heteroatoms. The van der Waals surface area contributed by atoms with Crippen molar-refractivity contribution in [3.8, 4) is 11.5 Å². The van der Waals surface area contributed by atoms with Crippen LogP contribution in [0, 0.1) is 0 Å². The highest BCUT2D eigenvalue weighted by atomic mass is 16.6. The number of carbonyl (C=O) groups is 1. The van der Waals surface area contributed by atoms with Crippen molar-refractivity contribution in [3.63, 3.8) is 0 Å². The van der Waals surface area contributed by atoms with Gasteiger partial charge in [0.25, 0.3) is 5.91 Å². The lowest BCUT2D eigenvalue weighted by Crippen LogP contribution is -2.19. The molecule has 2 aromatic rings. The fourth-order valence-electron chi connectivity index (χ4n) is 1.86. The maximum Gasteiger partial charge on any atom is 0.271 e. The fraction of sp³-hybridized carbons (Fsp3) is 0.133. The first-order valence-electron chi connectivity index (χ1n) is 6.46. The Labute approximate surface area is 121 Å². The molecule has 3 rings (SSSR count). The number of hydrogen-bond donors (Lipinski definition) is 1. The van der Waals surface area contributed by atoms with Gasteiger partial charge >= 0.3 is 0 Å². The molecule has 0 saturated carbocycles. The minimum Gasteiger partial charge on any atom is -0.486 e. The highest BCUT2D eigenvalue weighted by Crippen LogP contribution is 2.30. The van der Waals surface area contributed by atoms with Gasteiger partial charge in [0.15, 0.2) is 11.5 Å². The van der Waals surface area contributed by atoms with E-state index < -0.39 is 0 Å². The molecule has 0 radical (unpaired) electrons. The Kier molecular flexibility index (Phi) is 3.77. The second-order valence-electron chi connectivity index (χ2n) is 4.34. The molecule has 0 fully saturated rings. The predicted molar refractivity (Wildman–Crippen MR) is 76.7 cm³/mol. The third kappa shape index (κ3) is 3.17. The van der Waals surface area contributed by atoms with Crippen LogP contribution in [0.15, 0.2) is 47.8 Å². The summed E-state index contributed by atoms with van der Waals surface area (Å²) in [6.45, 7) is 1.01. The molecule has 1 N–H and O–H groups in total. The summed E-state index contributed by atoms with van der Waals surface area (Å²) in [7, 11) is 0. The van der Waals surface area contributed by atoms with Crippen molar-refractivity contribution in [2.24, 2.45) is 5.10 Å². The summed E-state index contributed by atoms with van der Waals surface area (Å²) in [6.07, 6.45) is 4.87. The second kappa shape index (κ2) is 6.04. The van der Waals surface area contributed by atoms with Gasteiger partial charge in [-0.25, -0.2) is 5.43 Å². The maximum atomic E-state index is 12.0. The van der Waals surface area contributed by atoms with Crippen molar-refractivity contribution in [2.75, 3.05) is 13.2 Å². The molecule has 0 saturated heterocycles. The van der Waals surface area contributed by atoms with Crippen molar-refractivity contribution >= 4 is 12.1 Å². The molecule has 0 atom stereocenters. The highest BCUT2D eigenvalue weighted by Gasteiger charge is 2.14. The summed E-state index contributed by atoms with van der Waals surface area (Å²) in [5, 5.41) is 3.91. The molecule has 0 spiro atoms. The second-order valence-corrected chi connectivity index (χ2v) is 4.34. The first-order chi connectivity index (χ1) is 10.3. The first-order valence-corrected chi connectivity index (χ1v) is 6.46. The Morgan fingerprint density at radius 2 is 1.90 bits per heavy atom. The number of aromatic nitrogens is 1. The van der Waals surface area contributed by atoms with Crippen molar-refractivity contribution in [3.05, 3.63) is 53.9 Å². The fourth-order valence-corrected chi connectivity index (χ4v) is 1.86. The topological polar surface area (TPSA) is 72.8 Å². The Balaban J connectivity index is 1.67. The largest absolute Gasteiger partial charge is 0.486 e. The van der Waals surface area contributed by atoms with Crippen LogP contribution in [0.5, 0.6) is 11.5 Å². The number of pyridine rings is 1. The number of benzene rings is 1. The molecule has 106 valence electrons. The van der Waals surface area contributed by atoms with Gasteiger partial charge in [-0.15, -0.1) is 0 Å². The maximum absolute atomic E-state index is 12.0. The number of hydrogen-bond acceptors (Lipinski definition) is 5. The van der Waals surface area contributed by atoms with E-state index >= 15 is 0 Å². The molecule has 1 aliphatic rings. The van der Waals surface area contributed by atoms with E-state index in [-0.39, 0.29) is 5.91 Å². The minimum absolute atomic E-state index is 0.308. The molecular weight excluding hydrogens is 270 g/mol. The Morgan fingerprint density at radius 3 is 2.71 bits per heavy atom. The number of nitrogens with zero attached hydrogens (tertiary/aromatic N) is 2. The molecule has 2 heterocycles. The van der Waals surface area contributed by atoms with Gasteiger partial charge in [0, 0.05) is 18.0 Å². The number of amides is 1. The van der Waals surface area contributed by atoms with Crippen molar-refractivity contribution in [1.29, 1.82) is 0 Å². The van der Waals surface area contributed by atoms with E-state index in [0.29, 0.717) is 30.3 Å². The van der Waals surface area contributed by atoms with Crippen LogP contribution in [0.25, 0.3) is 0 Å². The van der Waals surface area contributed by atoms with E-state index in [1.165, 1.54) is 0 Å². The average Bonchev–Trinajstić information content (AvgIpc) is 2.55. The number of nitrogens with one attached hydrogen (secondary N) is 1. The summed E-state index contributed by atoms with van der Waals surface area (Å²) in [6, 6.07) is 8.62. The van der Waals surface area contributed by atoms with E-state index in [2.05, 4.69) is 15.5 Å². The van der Waals surface area contributed by atoms with Gasteiger partial charge in [-0.05, 0) is 35.9 Å². The van der Waals surface area contributed by atoms with Crippen LogP contribution in [0.4, 0.5) is 0 Å². The van der Waals surface area contributed by atoms with Crippen LogP contribution in [-0.4, -0.2) is 30.3 Å². The monoisotopic (exact) mass is 283 g/mol. The zero-order chi connectivity index (χ0) is 14.5.